The highest BCUT2D eigenvalue weighted by atomic mass is 19.1. The number of H-pyrrole nitrogens is 2. The molecule has 4 N–H and O–H groups in total. The van der Waals surface area contributed by atoms with E-state index in [1.165, 1.54) is 12.1 Å². The maximum atomic E-state index is 13.4. The Labute approximate surface area is 172 Å². The second kappa shape index (κ2) is 8.99. The zero-order valence-corrected chi connectivity index (χ0v) is 16.0. The molecular formula is C21H20FN7O. The van der Waals surface area contributed by atoms with E-state index < -0.39 is 0 Å². The summed E-state index contributed by atoms with van der Waals surface area (Å²) >= 11 is 0. The van der Waals surface area contributed by atoms with Crippen LogP contribution in [0.4, 0.5) is 10.2 Å². The lowest BCUT2D eigenvalue weighted by atomic mass is 10.1. The van der Waals surface area contributed by atoms with Crippen LogP contribution in [0.5, 0.6) is 0 Å². The van der Waals surface area contributed by atoms with Crippen molar-refractivity contribution < 1.29 is 9.18 Å². The van der Waals surface area contributed by atoms with Gasteiger partial charge in [-0.3, -0.25) is 15.0 Å². The Balaban J connectivity index is 1.51. The molecule has 3 heterocycles. The largest absolute Gasteiger partial charge is 0.369 e. The molecule has 9 heteroatoms. The van der Waals surface area contributed by atoms with E-state index in [9.17, 15) is 9.18 Å². The Bertz CT molecular complexity index is 1110. The Hall–Kier alpha value is -4.01. The highest BCUT2D eigenvalue weighted by Gasteiger charge is 2.15. The maximum absolute atomic E-state index is 13.4. The molecule has 4 rings (SSSR count). The van der Waals surface area contributed by atoms with Gasteiger partial charge < -0.3 is 10.6 Å². The Morgan fingerprint density at radius 1 is 1.13 bits per heavy atom. The fourth-order valence-corrected chi connectivity index (χ4v) is 3.00. The Morgan fingerprint density at radius 2 is 2.07 bits per heavy atom. The molecule has 4 aromatic rings. The number of nitrogens with zero attached hydrogens (tertiary/aromatic N) is 3. The summed E-state index contributed by atoms with van der Waals surface area (Å²) in [4.78, 5) is 17.3. The minimum atomic E-state index is -0.272. The molecule has 0 radical (unpaired) electrons. The van der Waals surface area contributed by atoms with Gasteiger partial charge in [0.25, 0.3) is 5.91 Å². The molecule has 0 saturated heterocycles. The third kappa shape index (κ3) is 4.69. The van der Waals surface area contributed by atoms with Gasteiger partial charge in [0.05, 0.1) is 29.7 Å². The first-order chi connectivity index (χ1) is 14.7. The average Bonchev–Trinajstić information content (AvgIpc) is 3.46. The predicted octanol–water partition coefficient (Wildman–Crippen LogP) is 2.92. The molecule has 0 fully saturated rings. The fourth-order valence-electron chi connectivity index (χ4n) is 3.00. The molecule has 8 nitrogen and oxygen atoms in total. The molecule has 0 aliphatic carbocycles. The topological polar surface area (TPSA) is 111 Å². The molecule has 1 aromatic carbocycles. The first-order valence-corrected chi connectivity index (χ1v) is 9.44. The molecule has 1 amide bonds. The maximum Gasteiger partial charge on any atom is 0.255 e. The van der Waals surface area contributed by atoms with Crippen LogP contribution in [0.3, 0.4) is 0 Å². The average molecular weight is 405 g/mol. The smallest absolute Gasteiger partial charge is 0.255 e. The zero-order valence-electron chi connectivity index (χ0n) is 16.0. The van der Waals surface area contributed by atoms with Gasteiger partial charge in [-0.2, -0.15) is 10.2 Å². The van der Waals surface area contributed by atoms with Gasteiger partial charge in [-0.05, 0) is 42.3 Å². The number of anilines is 1. The third-order valence-electron chi connectivity index (χ3n) is 4.53. The lowest BCUT2D eigenvalue weighted by Crippen LogP contribution is -2.25. The van der Waals surface area contributed by atoms with E-state index in [0.29, 0.717) is 36.6 Å². The fraction of sp³-hybridized carbons (Fsp3) is 0.143. The van der Waals surface area contributed by atoms with E-state index >= 15 is 0 Å². The highest BCUT2D eigenvalue weighted by molar-refractivity contribution is 5.99. The monoisotopic (exact) mass is 405 g/mol. The van der Waals surface area contributed by atoms with Crippen LogP contribution < -0.4 is 10.6 Å². The van der Waals surface area contributed by atoms with Gasteiger partial charge in [0.1, 0.15) is 11.6 Å². The number of hydrogen-bond acceptors (Lipinski definition) is 5. The van der Waals surface area contributed by atoms with Crippen molar-refractivity contribution in [3.8, 4) is 11.3 Å². The summed E-state index contributed by atoms with van der Waals surface area (Å²) in [5.74, 6) is -0.0808. The van der Waals surface area contributed by atoms with E-state index in [4.69, 9.17) is 0 Å². The number of nitrogens with one attached hydrogen (secondary N) is 4. The van der Waals surface area contributed by atoms with Crippen LogP contribution in [0.15, 0.2) is 61.1 Å². The van der Waals surface area contributed by atoms with Crippen molar-refractivity contribution in [3.63, 3.8) is 0 Å². The van der Waals surface area contributed by atoms with Gasteiger partial charge in [0, 0.05) is 24.5 Å². The molecule has 0 bridgehead atoms. The van der Waals surface area contributed by atoms with E-state index in [1.807, 2.05) is 6.07 Å². The Kier molecular flexibility index (Phi) is 5.79. The van der Waals surface area contributed by atoms with Crippen LogP contribution in [0.2, 0.25) is 0 Å². The minimum Gasteiger partial charge on any atom is -0.369 e. The van der Waals surface area contributed by atoms with Crippen molar-refractivity contribution >= 4 is 11.7 Å². The number of benzene rings is 1. The zero-order chi connectivity index (χ0) is 20.8. The van der Waals surface area contributed by atoms with Gasteiger partial charge in [-0.15, -0.1) is 0 Å². The quantitative estimate of drug-likeness (QED) is 0.360. The number of carbonyl (C=O) groups is 1. The first-order valence-electron chi connectivity index (χ1n) is 9.44. The molecule has 152 valence electrons. The predicted molar refractivity (Wildman–Crippen MR) is 110 cm³/mol. The van der Waals surface area contributed by atoms with Crippen molar-refractivity contribution in [3.05, 3.63) is 83.7 Å². The lowest BCUT2D eigenvalue weighted by molar-refractivity contribution is 0.0951. The highest BCUT2D eigenvalue weighted by Crippen LogP contribution is 2.21. The molecule has 0 aliphatic heterocycles. The third-order valence-corrected chi connectivity index (χ3v) is 4.53. The van der Waals surface area contributed by atoms with Crippen LogP contribution in [0.25, 0.3) is 11.3 Å². The molecule has 0 unspecified atom stereocenters. The summed E-state index contributed by atoms with van der Waals surface area (Å²) in [5, 5.41) is 19.4. The number of amides is 1. The van der Waals surface area contributed by atoms with Gasteiger partial charge in [0.2, 0.25) is 0 Å². The van der Waals surface area contributed by atoms with Crippen LogP contribution in [-0.2, 0) is 13.0 Å². The summed E-state index contributed by atoms with van der Waals surface area (Å²) in [6.07, 6.45) is 5.61. The standard InChI is InChI=1S/C21H20FN7O/c22-16-3-1-2-14(10-16)6-8-23-20-18(21(30)24-13-17-7-9-25-29-17)4-5-19(28-20)15-11-26-27-12-15/h1-5,7,9-12H,6,8,13H2,(H,23,28)(H,24,30)(H,25,29)(H,26,27). The van der Waals surface area contributed by atoms with Crippen LogP contribution in [0, 0.1) is 5.82 Å². The minimum absolute atomic E-state index is 0.260. The van der Waals surface area contributed by atoms with Gasteiger partial charge in [0.15, 0.2) is 0 Å². The van der Waals surface area contributed by atoms with Crippen molar-refractivity contribution in [1.82, 2.24) is 30.7 Å². The number of rotatable bonds is 8. The number of aromatic nitrogens is 5. The van der Waals surface area contributed by atoms with Crippen molar-refractivity contribution in [2.24, 2.45) is 0 Å². The first kappa shape index (κ1) is 19.3. The van der Waals surface area contributed by atoms with Gasteiger partial charge >= 0.3 is 0 Å². The molecule has 30 heavy (non-hydrogen) atoms. The summed E-state index contributed by atoms with van der Waals surface area (Å²) in [6.45, 7) is 0.817. The van der Waals surface area contributed by atoms with E-state index in [0.717, 1.165) is 16.8 Å². The summed E-state index contributed by atoms with van der Waals surface area (Å²) in [6, 6.07) is 11.7. The van der Waals surface area contributed by atoms with E-state index in [2.05, 4.69) is 36.0 Å². The van der Waals surface area contributed by atoms with Crippen LogP contribution in [0.1, 0.15) is 21.6 Å². The molecule has 3 aromatic heterocycles. The van der Waals surface area contributed by atoms with Gasteiger partial charge in [-0.1, -0.05) is 12.1 Å². The van der Waals surface area contributed by atoms with E-state index in [1.54, 1.807) is 42.9 Å². The number of pyridine rings is 1. The number of aromatic amines is 2. The molecule has 0 atom stereocenters. The summed E-state index contributed by atoms with van der Waals surface area (Å²) in [5.41, 5.74) is 3.57. The van der Waals surface area contributed by atoms with Crippen molar-refractivity contribution in [2.75, 3.05) is 11.9 Å². The molecular weight excluding hydrogens is 385 g/mol. The van der Waals surface area contributed by atoms with Gasteiger partial charge in [-0.25, -0.2) is 9.37 Å². The Morgan fingerprint density at radius 3 is 2.83 bits per heavy atom. The van der Waals surface area contributed by atoms with E-state index in [-0.39, 0.29) is 11.7 Å². The molecule has 0 spiro atoms. The normalized spacial score (nSPS) is 10.7. The number of hydrogen-bond donors (Lipinski definition) is 4. The number of carbonyl (C=O) groups excluding carboxylic acids is 1. The second-order valence-corrected chi connectivity index (χ2v) is 6.65. The SMILES string of the molecule is O=C(NCc1ccn[nH]1)c1ccc(-c2cn[nH]c2)nc1NCCc1cccc(F)c1. The lowest BCUT2D eigenvalue weighted by Gasteiger charge is -2.13. The molecule has 0 aliphatic rings. The summed E-state index contributed by atoms with van der Waals surface area (Å²) < 4.78 is 13.4. The second-order valence-electron chi connectivity index (χ2n) is 6.65. The van der Waals surface area contributed by atoms with Crippen LogP contribution >= 0.6 is 0 Å². The van der Waals surface area contributed by atoms with Crippen molar-refractivity contribution in [2.45, 2.75) is 13.0 Å². The number of halogens is 1. The molecule has 0 saturated carbocycles. The van der Waals surface area contributed by atoms with Crippen LogP contribution in [-0.4, -0.2) is 37.8 Å². The summed E-state index contributed by atoms with van der Waals surface area (Å²) in [7, 11) is 0. The van der Waals surface area contributed by atoms with Crippen molar-refractivity contribution in [1.29, 1.82) is 0 Å².